The number of alkyl halides is 1. The number of aromatic nitrogens is 1. The summed E-state index contributed by atoms with van der Waals surface area (Å²) in [7, 11) is 0. The third-order valence-corrected chi connectivity index (χ3v) is 2.57. The number of rotatable bonds is 6. The van der Waals surface area contributed by atoms with Crippen LogP contribution in [0.5, 0.6) is 0 Å². The molecule has 1 aromatic heterocycles. The second-order valence-corrected chi connectivity index (χ2v) is 4.28. The number of carboxylic acid groups (broad SMARTS) is 1. The van der Waals surface area contributed by atoms with Crippen molar-refractivity contribution in [2.75, 3.05) is 10.6 Å². The molecule has 0 saturated carbocycles. The summed E-state index contributed by atoms with van der Waals surface area (Å²) in [4.78, 5) is 25.7. The number of pyridine rings is 1. The number of nitrogens with zero attached hydrogens (tertiary/aromatic N) is 1. The van der Waals surface area contributed by atoms with Crippen LogP contribution in [-0.2, 0) is 9.59 Å². The first-order valence-electron chi connectivity index (χ1n) is 5.34. The molecule has 0 fully saturated rings. The van der Waals surface area contributed by atoms with Gasteiger partial charge in [0.15, 0.2) is 0 Å². The molecule has 0 aliphatic carbocycles. The van der Waals surface area contributed by atoms with Gasteiger partial charge in [-0.25, -0.2) is 9.78 Å². The molecule has 0 aromatic carbocycles. The number of carbonyl (C=O) groups excluding carboxylic acids is 1. The van der Waals surface area contributed by atoms with Crippen LogP contribution in [0.25, 0.3) is 6.08 Å². The van der Waals surface area contributed by atoms with E-state index in [1.165, 1.54) is 12.3 Å². The maximum Gasteiger partial charge on any atom is 0.328 e. The van der Waals surface area contributed by atoms with E-state index in [2.05, 4.69) is 26.2 Å². The second kappa shape index (κ2) is 7.60. The molecule has 1 aromatic rings. The predicted octanol–water partition coefficient (Wildman–Crippen LogP) is 2.29. The highest BCUT2D eigenvalue weighted by Gasteiger charge is 2.02. The Morgan fingerprint density at radius 1 is 1.44 bits per heavy atom. The molecule has 0 aliphatic heterocycles. The third kappa shape index (κ3) is 5.58. The standard InChI is InChI=1S/C12H13BrN2O3/c13-7-1-2-11(16)15-10-5-3-9(8-14-10)4-6-12(17)18/h3-6,8H,1-2,7H2,(H,17,18)(H,14,15,16). The molecule has 1 amide bonds. The molecular weight excluding hydrogens is 300 g/mol. The Morgan fingerprint density at radius 2 is 2.22 bits per heavy atom. The quantitative estimate of drug-likeness (QED) is 0.624. The van der Waals surface area contributed by atoms with Gasteiger partial charge in [-0.15, -0.1) is 0 Å². The van der Waals surface area contributed by atoms with Crippen molar-refractivity contribution in [1.82, 2.24) is 4.98 Å². The normalized spacial score (nSPS) is 10.5. The largest absolute Gasteiger partial charge is 0.478 e. The minimum Gasteiger partial charge on any atom is -0.478 e. The fourth-order valence-corrected chi connectivity index (χ4v) is 1.46. The lowest BCUT2D eigenvalue weighted by molar-refractivity contribution is -0.131. The van der Waals surface area contributed by atoms with Crippen molar-refractivity contribution < 1.29 is 14.7 Å². The summed E-state index contributed by atoms with van der Waals surface area (Å²) in [6.07, 6.45) is 5.18. The summed E-state index contributed by atoms with van der Waals surface area (Å²) in [5.41, 5.74) is 0.663. The number of nitrogens with one attached hydrogen (secondary N) is 1. The van der Waals surface area contributed by atoms with Crippen LogP contribution in [0.2, 0.25) is 0 Å². The van der Waals surface area contributed by atoms with Gasteiger partial charge in [-0.2, -0.15) is 0 Å². The van der Waals surface area contributed by atoms with Crippen LogP contribution < -0.4 is 5.32 Å². The average Bonchev–Trinajstić information content (AvgIpc) is 2.35. The van der Waals surface area contributed by atoms with Crippen LogP contribution >= 0.6 is 15.9 Å². The second-order valence-electron chi connectivity index (χ2n) is 3.49. The van der Waals surface area contributed by atoms with Crippen LogP contribution in [0.4, 0.5) is 5.82 Å². The first-order valence-corrected chi connectivity index (χ1v) is 6.47. The van der Waals surface area contributed by atoms with Crippen molar-refractivity contribution in [3.05, 3.63) is 30.0 Å². The van der Waals surface area contributed by atoms with E-state index in [-0.39, 0.29) is 5.91 Å². The number of carbonyl (C=O) groups is 2. The molecule has 0 radical (unpaired) electrons. The van der Waals surface area contributed by atoms with E-state index >= 15 is 0 Å². The molecule has 0 spiro atoms. The molecule has 0 unspecified atom stereocenters. The van der Waals surface area contributed by atoms with Crippen LogP contribution in [0.15, 0.2) is 24.4 Å². The molecule has 0 bridgehead atoms. The Kier molecular flexibility index (Phi) is 6.07. The summed E-state index contributed by atoms with van der Waals surface area (Å²) in [5.74, 6) is -0.639. The van der Waals surface area contributed by atoms with Gasteiger partial charge in [-0.1, -0.05) is 15.9 Å². The van der Waals surface area contributed by atoms with Gasteiger partial charge < -0.3 is 10.4 Å². The van der Waals surface area contributed by atoms with Crippen LogP contribution in [0.3, 0.4) is 0 Å². The Labute approximate surface area is 113 Å². The topological polar surface area (TPSA) is 79.3 Å². The number of hydrogen-bond donors (Lipinski definition) is 2. The Morgan fingerprint density at radius 3 is 2.78 bits per heavy atom. The molecule has 1 heterocycles. The zero-order valence-corrected chi connectivity index (χ0v) is 11.2. The van der Waals surface area contributed by atoms with Gasteiger partial charge >= 0.3 is 5.97 Å². The van der Waals surface area contributed by atoms with E-state index in [1.807, 2.05) is 0 Å². The van der Waals surface area contributed by atoms with Crippen molar-refractivity contribution in [3.63, 3.8) is 0 Å². The summed E-state index contributed by atoms with van der Waals surface area (Å²) >= 11 is 3.25. The van der Waals surface area contributed by atoms with E-state index in [0.717, 1.165) is 17.8 Å². The monoisotopic (exact) mass is 312 g/mol. The highest BCUT2D eigenvalue weighted by atomic mass is 79.9. The summed E-state index contributed by atoms with van der Waals surface area (Å²) in [5, 5.41) is 11.9. The van der Waals surface area contributed by atoms with Crippen LogP contribution in [0, 0.1) is 0 Å². The van der Waals surface area contributed by atoms with E-state index in [4.69, 9.17) is 5.11 Å². The fraction of sp³-hybridized carbons (Fsp3) is 0.250. The molecule has 0 saturated heterocycles. The van der Waals surface area contributed by atoms with Crippen molar-refractivity contribution in [1.29, 1.82) is 0 Å². The fourth-order valence-electron chi connectivity index (χ4n) is 1.18. The van der Waals surface area contributed by atoms with Gasteiger partial charge in [0.1, 0.15) is 5.82 Å². The lowest BCUT2D eigenvalue weighted by Gasteiger charge is -2.03. The van der Waals surface area contributed by atoms with Crippen molar-refractivity contribution in [2.45, 2.75) is 12.8 Å². The molecular formula is C12H13BrN2O3. The predicted molar refractivity (Wildman–Crippen MR) is 72.6 cm³/mol. The third-order valence-electron chi connectivity index (χ3n) is 2.01. The first kappa shape index (κ1) is 14.4. The van der Waals surface area contributed by atoms with Gasteiger partial charge in [0.05, 0.1) is 0 Å². The number of halogens is 1. The van der Waals surface area contributed by atoms with Crippen LogP contribution in [0.1, 0.15) is 18.4 Å². The number of carboxylic acids is 1. The summed E-state index contributed by atoms with van der Waals surface area (Å²) in [6.45, 7) is 0. The lowest BCUT2D eigenvalue weighted by Crippen LogP contribution is -2.12. The minimum absolute atomic E-state index is 0.0872. The van der Waals surface area contributed by atoms with Gasteiger partial charge in [-0.3, -0.25) is 4.79 Å². The highest BCUT2D eigenvalue weighted by Crippen LogP contribution is 2.07. The van der Waals surface area contributed by atoms with E-state index in [9.17, 15) is 9.59 Å². The van der Waals surface area contributed by atoms with Gasteiger partial charge in [0.2, 0.25) is 5.91 Å². The van der Waals surface area contributed by atoms with Crippen molar-refractivity contribution >= 4 is 39.7 Å². The number of aliphatic carboxylic acids is 1. The van der Waals surface area contributed by atoms with Gasteiger partial charge in [0, 0.05) is 24.0 Å². The zero-order chi connectivity index (χ0) is 13.4. The first-order chi connectivity index (χ1) is 8.61. The molecule has 5 nitrogen and oxygen atoms in total. The maximum atomic E-state index is 11.4. The SMILES string of the molecule is O=C(O)C=Cc1ccc(NC(=O)CCCBr)nc1. The molecule has 0 aliphatic rings. The Bertz CT molecular complexity index is 443. The zero-order valence-electron chi connectivity index (χ0n) is 9.60. The van der Waals surface area contributed by atoms with E-state index < -0.39 is 5.97 Å². The highest BCUT2D eigenvalue weighted by molar-refractivity contribution is 9.09. The lowest BCUT2D eigenvalue weighted by atomic mass is 10.2. The van der Waals surface area contributed by atoms with Gasteiger partial charge in [-0.05, 0) is 30.2 Å². The summed E-state index contributed by atoms with van der Waals surface area (Å²) in [6, 6.07) is 3.32. The van der Waals surface area contributed by atoms with Crippen molar-refractivity contribution in [3.8, 4) is 0 Å². The van der Waals surface area contributed by atoms with Crippen molar-refractivity contribution in [2.24, 2.45) is 0 Å². The molecule has 2 N–H and O–H groups in total. The molecule has 96 valence electrons. The number of amides is 1. The molecule has 18 heavy (non-hydrogen) atoms. The average molecular weight is 313 g/mol. The van der Waals surface area contributed by atoms with E-state index in [1.54, 1.807) is 12.1 Å². The molecule has 6 heteroatoms. The molecule has 0 atom stereocenters. The van der Waals surface area contributed by atoms with Gasteiger partial charge in [0.25, 0.3) is 0 Å². The Balaban J connectivity index is 2.55. The molecule has 1 rings (SSSR count). The van der Waals surface area contributed by atoms with Crippen LogP contribution in [-0.4, -0.2) is 27.3 Å². The maximum absolute atomic E-state index is 11.4. The Hall–Kier alpha value is -1.69. The van der Waals surface area contributed by atoms with E-state index in [0.29, 0.717) is 17.8 Å². The minimum atomic E-state index is -1.01. The number of hydrogen-bond acceptors (Lipinski definition) is 3. The number of anilines is 1. The smallest absolute Gasteiger partial charge is 0.328 e. The summed E-state index contributed by atoms with van der Waals surface area (Å²) < 4.78 is 0.